The average molecular weight is 521 g/mol. The molecular formula is C23H19F3N4O3S2. The summed E-state index contributed by atoms with van der Waals surface area (Å²) in [7, 11) is -2.91. The van der Waals surface area contributed by atoms with Crippen LogP contribution >= 0.6 is 11.7 Å². The first-order valence-electron chi connectivity index (χ1n) is 10.3. The molecule has 1 aromatic heterocycles. The molecule has 0 aliphatic rings. The standard InChI is InChI=1S/C23H19F3N4O3S2/c1-14(15-7-4-3-5-8-15)30(2)22(31)17-12-11-16(23(24,25)26)13-19(17)29-35(32,33)20-10-6-9-18-21(20)28-34-27-18/h3-14,29H,1-2H3. The number of fused-ring (bicyclic) bond motifs is 1. The molecule has 0 saturated carbocycles. The van der Waals surface area contributed by atoms with Crippen molar-refractivity contribution in [3.8, 4) is 0 Å². The molecule has 1 N–H and O–H groups in total. The maximum Gasteiger partial charge on any atom is 0.416 e. The van der Waals surface area contributed by atoms with Gasteiger partial charge in [-0.2, -0.15) is 21.9 Å². The summed E-state index contributed by atoms with van der Waals surface area (Å²) in [5, 5.41) is 0. The van der Waals surface area contributed by atoms with Gasteiger partial charge in [-0.3, -0.25) is 9.52 Å². The molecule has 0 radical (unpaired) electrons. The van der Waals surface area contributed by atoms with Gasteiger partial charge in [0.1, 0.15) is 15.9 Å². The molecule has 0 bridgehead atoms. The van der Waals surface area contributed by atoms with Crippen molar-refractivity contribution in [3.05, 3.63) is 83.4 Å². The quantitative estimate of drug-likeness (QED) is 0.370. The number of aromatic nitrogens is 2. The van der Waals surface area contributed by atoms with Gasteiger partial charge in [-0.05, 0) is 42.8 Å². The minimum atomic E-state index is -4.75. The summed E-state index contributed by atoms with van der Waals surface area (Å²) in [5.74, 6) is -0.652. The topological polar surface area (TPSA) is 92.3 Å². The molecular weight excluding hydrogens is 501 g/mol. The monoisotopic (exact) mass is 520 g/mol. The van der Waals surface area contributed by atoms with Gasteiger partial charge < -0.3 is 4.90 Å². The van der Waals surface area contributed by atoms with Gasteiger partial charge in [0.25, 0.3) is 15.9 Å². The van der Waals surface area contributed by atoms with E-state index in [-0.39, 0.29) is 16.0 Å². The van der Waals surface area contributed by atoms with Crippen LogP contribution in [-0.2, 0) is 16.2 Å². The van der Waals surface area contributed by atoms with Gasteiger partial charge in [0.15, 0.2) is 0 Å². The van der Waals surface area contributed by atoms with Crippen LogP contribution in [0.4, 0.5) is 18.9 Å². The first-order valence-corrected chi connectivity index (χ1v) is 12.5. The van der Waals surface area contributed by atoms with Gasteiger partial charge in [0.2, 0.25) is 0 Å². The number of rotatable bonds is 6. The zero-order valence-corrected chi connectivity index (χ0v) is 20.1. The molecule has 0 spiro atoms. The summed E-state index contributed by atoms with van der Waals surface area (Å²) >= 11 is 0.807. The summed E-state index contributed by atoms with van der Waals surface area (Å²) in [5.41, 5.74) is -0.596. The third-order valence-electron chi connectivity index (χ3n) is 5.54. The molecule has 35 heavy (non-hydrogen) atoms. The van der Waals surface area contributed by atoms with E-state index in [4.69, 9.17) is 0 Å². The molecule has 1 atom stereocenters. The molecule has 12 heteroatoms. The summed E-state index contributed by atoms with van der Waals surface area (Å²) < 4.78 is 76.9. The highest BCUT2D eigenvalue weighted by Crippen LogP contribution is 2.34. The molecule has 7 nitrogen and oxygen atoms in total. The third kappa shape index (κ3) is 4.98. The van der Waals surface area contributed by atoms with Crippen LogP contribution < -0.4 is 4.72 Å². The molecule has 0 aliphatic heterocycles. The van der Waals surface area contributed by atoms with Crippen LogP contribution in [0.2, 0.25) is 0 Å². The number of nitrogens with one attached hydrogen (secondary N) is 1. The van der Waals surface area contributed by atoms with Crippen molar-refractivity contribution in [1.82, 2.24) is 13.6 Å². The lowest BCUT2D eigenvalue weighted by Crippen LogP contribution is -2.31. The number of hydrogen-bond acceptors (Lipinski definition) is 6. The number of benzene rings is 3. The highest BCUT2D eigenvalue weighted by Gasteiger charge is 2.33. The van der Waals surface area contributed by atoms with Gasteiger partial charge in [0.05, 0.1) is 34.6 Å². The predicted octanol–water partition coefficient (Wildman–Crippen LogP) is 5.34. The Kier molecular flexibility index (Phi) is 6.52. The smallest absolute Gasteiger partial charge is 0.335 e. The molecule has 0 fully saturated rings. The largest absolute Gasteiger partial charge is 0.416 e. The second-order valence-electron chi connectivity index (χ2n) is 7.75. The van der Waals surface area contributed by atoms with Gasteiger partial charge in [-0.25, -0.2) is 8.42 Å². The van der Waals surface area contributed by atoms with Gasteiger partial charge in [-0.1, -0.05) is 36.4 Å². The lowest BCUT2D eigenvalue weighted by molar-refractivity contribution is -0.137. The Bertz CT molecular complexity index is 1490. The van der Waals surface area contributed by atoms with E-state index >= 15 is 0 Å². The van der Waals surface area contributed by atoms with Gasteiger partial charge in [-0.15, -0.1) is 0 Å². The zero-order valence-electron chi connectivity index (χ0n) is 18.4. The van der Waals surface area contributed by atoms with E-state index in [1.54, 1.807) is 25.1 Å². The molecule has 3 aromatic carbocycles. The second-order valence-corrected chi connectivity index (χ2v) is 9.93. The van der Waals surface area contributed by atoms with Crippen molar-refractivity contribution in [2.24, 2.45) is 0 Å². The molecule has 4 rings (SSSR count). The third-order valence-corrected chi connectivity index (χ3v) is 7.48. The fourth-order valence-electron chi connectivity index (χ4n) is 3.51. The second kappa shape index (κ2) is 9.27. The van der Waals surface area contributed by atoms with E-state index in [0.29, 0.717) is 11.6 Å². The number of amides is 1. The summed E-state index contributed by atoms with van der Waals surface area (Å²) in [6.07, 6.45) is -4.75. The summed E-state index contributed by atoms with van der Waals surface area (Å²) in [6.45, 7) is 1.76. The number of hydrogen-bond donors (Lipinski definition) is 1. The molecule has 182 valence electrons. The Balaban J connectivity index is 1.76. The predicted molar refractivity (Wildman–Crippen MR) is 127 cm³/mol. The average Bonchev–Trinajstić information content (AvgIpc) is 3.31. The molecule has 0 saturated heterocycles. The van der Waals surface area contributed by atoms with Crippen molar-refractivity contribution in [1.29, 1.82) is 0 Å². The van der Waals surface area contributed by atoms with Crippen molar-refractivity contribution < 1.29 is 26.4 Å². The highest BCUT2D eigenvalue weighted by atomic mass is 32.2. The van der Waals surface area contributed by atoms with Crippen LogP contribution in [0, 0.1) is 0 Å². The molecule has 0 aliphatic carbocycles. The number of nitrogens with zero attached hydrogens (tertiary/aromatic N) is 3. The first kappa shape index (κ1) is 24.6. The van der Waals surface area contributed by atoms with Crippen LogP contribution in [0.1, 0.15) is 34.5 Å². The van der Waals surface area contributed by atoms with Crippen LogP contribution in [-0.4, -0.2) is 35.0 Å². The molecule has 1 unspecified atom stereocenters. The van der Waals surface area contributed by atoms with Crippen molar-refractivity contribution in [2.45, 2.75) is 24.0 Å². The lowest BCUT2D eigenvalue weighted by Gasteiger charge is -2.26. The zero-order chi connectivity index (χ0) is 25.4. The minimum absolute atomic E-state index is 0.0830. The molecule has 1 amide bonds. The normalized spacial score (nSPS) is 12.9. The number of carbonyl (C=O) groups excluding carboxylic acids is 1. The first-order chi connectivity index (χ1) is 16.5. The van der Waals surface area contributed by atoms with Crippen LogP contribution in [0.15, 0.2) is 71.6 Å². The van der Waals surface area contributed by atoms with Crippen molar-refractivity contribution in [2.75, 3.05) is 11.8 Å². The van der Waals surface area contributed by atoms with Crippen molar-refractivity contribution in [3.63, 3.8) is 0 Å². The minimum Gasteiger partial charge on any atom is -0.335 e. The van der Waals surface area contributed by atoms with E-state index in [0.717, 1.165) is 29.4 Å². The van der Waals surface area contributed by atoms with E-state index in [9.17, 15) is 26.4 Å². The maximum absolute atomic E-state index is 13.4. The van der Waals surface area contributed by atoms with E-state index in [1.165, 1.54) is 24.1 Å². The Hall–Kier alpha value is -3.51. The highest BCUT2D eigenvalue weighted by molar-refractivity contribution is 7.93. The number of carbonyl (C=O) groups is 1. The molecule has 4 aromatic rings. The summed E-state index contributed by atoms with van der Waals surface area (Å²) in [6, 6.07) is 15.2. The Morgan fingerprint density at radius 3 is 2.43 bits per heavy atom. The Morgan fingerprint density at radius 2 is 1.74 bits per heavy atom. The van der Waals surface area contributed by atoms with E-state index < -0.39 is 39.4 Å². The van der Waals surface area contributed by atoms with Crippen LogP contribution in [0.3, 0.4) is 0 Å². The van der Waals surface area contributed by atoms with Crippen LogP contribution in [0.5, 0.6) is 0 Å². The fourth-order valence-corrected chi connectivity index (χ4v) is 5.35. The Morgan fingerprint density at radius 1 is 1.03 bits per heavy atom. The van der Waals surface area contributed by atoms with E-state index in [2.05, 4.69) is 13.5 Å². The van der Waals surface area contributed by atoms with Gasteiger partial charge >= 0.3 is 6.18 Å². The number of sulfonamides is 1. The fraction of sp³-hybridized carbons (Fsp3) is 0.174. The van der Waals surface area contributed by atoms with Gasteiger partial charge in [0, 0.05) is 7.05 Å². The lowest BCUT2D eigenvalue weighted by atomic mass is 10.0. The number of anilines is 1. The SMILES string of the molecule is CC(c1ccccc1)N(C)C(=O)c1ccc(C(F)(F)F)cc1NS(=O)(=O)c1cccc2nsnc12. The molecule has 1 heterocycles. The number of alkyl halides is 3. The summed E-state index contributed by atoms with van der Waals surface area (Å²) in [4.78, 5) is 14.4. The van der Waals surface area contributed by atoms with Crippen molar-refractivity contribution >= 4 is 44.4 Å². The number of halogens is 3. The maximum atomic E-state index is 13.4. The van der Waals surface area contributed by atoms with Crippen LogP contribution in [0.25, 0.3) is 11.0 Å². The van der Waals surface area contributed by atoms with E-state index in [1.807, 2.05) is 18.2 Å². The Labute approximate surface area is 203 Å².